The summed E-state index contributed by atoms with van der Waals surface area (Å²) in [6.07, 6.45) is 3.81. The number of nitrogens with zero attached hydrogens (tertiary/aromatic N) is 1. The maximum absolute atomic E-state index is 5.48. The maximum atomic E-state index is 5.48. The van der Waals surface area contributed by atoms with Crippen LogP contribution in [0.1, 0.15) is 11.3 Å². The molecule has 0 unspecified atom stereocenters. The van der Waals surface area contributed by atoms with Crippen molar-refractivity contribution in [2.24, 2.45) is 0 Å². The molecule has 0 aliphatic heterocycles. The lowest BCUT2D eigenvalue weighted by Gasteiger charge is -1.96. The standard InChI is InChI=1S/C13H13N3O/c14-13-7-10(16-17-13)6-5-9-8-15-12-4-2-1-3-11(9)12/h1-4,7-8,15H,5-6,14H2. The molecule has 0 saturated heterocycles. The molecule has 2 aromatic heterocycles. The Morgan fingerprint density at radius 2 is 2.12 bits per heavy atom. The van der Waals surface area contributed by atoms with Crippen LogP contribution in [0.2, 0.25) is 0 Å². The molecule has 3 N–H and O–H groups in total. The van der Waals surface area contributed by atoms with Crippen LogP contribution in [0.15, 0.2) is 41.1 Å². The predicted molar refractivity (Wildman–Crippen MR) is 66.6 cm³/mol. The van der Waals surface area contributed by atoms with E-state index in [1.165, 1.54) is 16.5 Å². The predicted octanol–water partition coefficient (Wildman–Crippen LogP) is 2.52. The van der Waals surface area contributed by atoms with E-state index in [4.69, 9.17) is 10.3 Å². The van der Waals surface area contributed by atoms with Crippen molar-refractivity contribution in [2.45, 2.75) is 12.8 Å². The number of nitrogen functional groups attached to an aromatic ring is 1. The molecule has 86 valence electrons. The first-order chi connectivity index (χ1) is 8.33. The van der Waals surface area contributed by atoms with Crippen molar-refractivity contribution in [1.29, 1.82) is 0 Å². The summed E-state index contributed by atoms with van der Waals surface area (Å²) in [6, 6.07) is 10.1. The molecule has 3 rings (SSSR count). The van der Waals surface area contributed by atoms with E-state index in [0.29, 0.717) is 5.88 Å². The van der Waals surface area contributed by atoms with Crippen molar-refractivity contribution >= 4 is 16.8 Å². The Balaban J connectivity index is 1.81. The molecule has 0 spiro atoms. The molecule has 0 fully saturated rings. The lowest BCUT2D eigenvalue weighted by molar-refractivity contribution is 0.427. The Bertz CT molecular complexity index is 639. The average molecular weight is 227 g/mol. The van der Waals surface area contributed by atoms with Gasteiger partial charge in [-0.15, -0.1) is 0 Å². The molecule has 0 amide bonds. The summed E-state index contributed by atoms with van der Waals surface area (Å²) in [5.74, 6) is 0.374. The number of para-hydroxylation sites is 1. The van der Waals surface area contributed by atoms with E-state index in [2.05, 4.69) is 22.3 Å². The van der Waals surface area contributed by atoms with E-state index in [9.17, 15) is 0 Å². The smallest absolute Gasteiger partial charge is 0.222 e. The van der Waals surface area contributed by atoms with Crippen LogP contribution in [0, 0.1) is 0 Å². The molecule has 0 bridgehead atoms. The van der Waals surface area contributed by atoms with Gasteiger partial charge in [-0.1, -0.05) is 23.4 Å². The van der Waals surface area contributed by atoms with Crippen molar-refractivity contribution in [3.8, 4) is 0 Å². The lowest BCUT2D eigenvalue weighted by Crippen LogP contribution is -1.90. The second kappa shape index (κ2) is 3.97. The summed E-state index contributed by atoms with van der Waals surface area (Å²) in [7, 11) is 0. The Hall–Kier alpha value is -2.23. The van der Waals surface area contributed by atoms with Crippen LogP contribution in [0.3, 0.4) is 0 Å². The second-order valence-corrected chi connectivity index (χ2v) is 4.08. The first kappa shape index (κ1) is 9.96. The molecule has 1 aromatic carbocycles. The topological polar surface area (TPSA) is 67.8 Å². The minimum atomic E-state index is 0.374. The molecular weight excluding hydrogens is 214 g/mol. The molecule has 3 aromatic rings. The average Bonchev–Trinajstić information content (AvgIpc) is 2.93. The van der Waals surface area contributed by atoms with Crippen molar-refractivity contribution < 1.29 is 4.52 Å². The third kappa shape index (κ3) is 1.89. The third-order valence-corrected chi connectivity index (χ3v) is 2.90. The van der Waals surface area contributed by atoms with Gasteiger partial charge in [0.1, 0.15) is 0 Å². The van der Waals surface area contributed by atoms with E-state index in [1.54, 1.807) is 6.07 Å². The Kier molecular flexibility index (Phi) is 2.33. The van der Waals surface area contributed by atoms with Crippen LogP contribution in [0.5, 0.6) is 0 Å². The summed E-state index contributed by atoms with van der Waals surface area (Å²) in [6.45, 7) is 0. The fraction of sp³-hybridized carbons (Fsp3) is 0.154. The lowest BCUT2D eigenvalue weighted by atomic mass is 10.1. The highest BCUT2D eigenvalue weighted by Gasteiger charge is 2.05. The fourth-order valence-electron chi connectivity index (χ4n) is 2.05. The molecule has 4 heteroatoms. The number of aromatic nitrogens is 2. The molecular formula is C13H13N3O. The number of nitrogens with one attached hydrogen (secondary N) is 1. The minimum Gasteiger partial charge on any atom is -0.368 e. The number of hydrogen-bond donors (Lipinski definition) is 2. The maximum Gasteiger partial charge on any atom is 0.222 e. The highest BCUT2D eigenvalue weighted by Crippen LogP contribution is 2.19. The normalized spacial score (nSPS) is 11.1. The van der Waals surface area contributed by atoms with Crippen LogP contribution < -0.4 is 5.73 Å². The van der Waals surface area contributed by atoms with Crippen molar-refractivity contribution in [3.63, 3.8) is 0 Å². The number of H-pyrrole nitrogens is 1. The summed E-state index contributed by atoms with van der Waals surface area (Å²) in [5.41, 5.74) is 8.84. The Morgan fingerprint density at radius 1 is 1.24 bits per heavy atom. The van der Waals surface area contributed by atoms with Crippen LogP contribution in [0.4, 0.5) is 5.88 Å². The summed E-state index contributed by atoms with van der Waals surface area (Å²) < 4.78 is 4.84. The summed E-state index contributed by atoms with van der Waals surface area (Å²) in [4.78, 5) is 3.26. The second-order valence-electron chi connectivity index (χ2n) is 4.08. The van der Waals surface area contributed by atoms with Gasteiger partial charge < -0.3 is 15.2 Å². The summed E-state index contributed by atoms with van der Waals surface area (Å²) >= 11 is 0. The van der Waals surface area contributed by atoms with E-state index in [0.717, 1.165) is 18.5 Å². The van der Waals surface area contributed by atoms with Gasteiger partial charge in [-0.05, 0) is 24.5 Å². The van der Waals surface area contributed by atoms with Crippen molar-refractivity contribution in [2.75, 3.05) is 5.73 Å². The molecule has 0 radical (unpaired) electrons. The van der Waals surface area contributed by atoms with Gasteiger partial charge in [0.2, 0.25) is 5.88 Å². The van der Waals surface area contributed by atoms with Crippen molar-refractivity contribution in [1.82, 2.24) is 10.1 Å². The van der Waals surface area contributed by atoms with Crippen molar-refractivity contribution in [3.05, 3.63) is 47.8 Å². The number of benzene rings is 1. The van der Waals surface area contributed by atoms with Crippen LogP contribution in [-0.4, -0.2) is 10.1 Å². The van der Waals surface area contributed by atoms with Gasteiger partial charge in [0.15, 0.2) is 0 Å². The number of hydrogen-bond acceptors (Lipinski definition) is 3. The van der Waals surface area contributed by atoms with Crippen LogP contribution in [0.25, 0.3) is 10.9 Å². The van der Waals surface area contributed by atoms with E-state index in [-0.39, 0.29) is 0 Å². The first-order valence-corrected chi connectivity index (χ1v) is 5.59. The van der Waals surface area contributed by atoms with Gasteiger partial charge in [0.25, 0.3) is 0 Å². The SMILES string of the molecule is Nc1cc(CCc2c[nH]c3ccccc23)no1. The quantitative estimate of drug-likeness (QED) is 0.722. The number of aryl methyl sites for hydroxylation is 2. The number of aromatic amines is 1. The molecule has 4 nitrogen and oxygen atoms in total. The minimum absolute atomic E-state index is 0.374. The zero-order chi connectivity index (χ0) is 11.7. The molecule has 0 saturated carbocycles. The molecule has 0 aliphatic rings. The molecule has 0 atom stereocenters. The van der Waals surface area contributed by atoms with Gasteiger partial charge >= 0.3 is 0 Å². The monoisotopic (exact) mass is 227 g/mol. The largest absolute Gasteiger partial charge is 0.368 e. The van der Waals surface area contributed by atoms with E-state index >= 15 is 0 Å². The zero-order valence-corrected chi connectivity index (χ0v) is 9.31. The number of fused-ring (bicyclic) bond motifs is 1. The highest BCUT2D eigenvalue weighted by molar-refractivity contribution is 5.83. The molecule has 17 heavy (non-hydrogen) atoms. The zero-order valence-electron chi connectivity index (χ0n) is 9.31. The number of rotatable bonds is 3. The first-order valence-electron chi connectivity index (χ1n) is 5.59. The highest BCUT2D eigenvalue weighted by atomic mass is 16.5. The van der Waals surface area contributed by atoms with Gasteiger partial charge in [0, 0.05) is 23.2 Å². The molecule has 0 aliphatic carbocycles. The van der Waals surface area contributed by atoms with Gasteiger partial charge in [0.05, 0.1) is 5.69 Å². The van der Waals surface area contributed by atoms with E-state index < -0.39 is 0 Å². The van der Waals surface area contributed by atoms with Gasteiger partial charge in [-0.3, -0.25) is 0 Å². The summed E-state index contributed by atoms with van der Waals surface area (Å²) in [5, 5.41) is 5.15. The van der Waals surface area contributed by atoms with E-state index in [1.807, 2.05) is 18.3 Å². The fourth-order valence-corrected chi connectivity index (χ4v) is 2.05. The van der Waals surface area contributed by atoms with Gasteiger partial charge in [-0.2, -0.15) is 0 Å². The Morgan fingerprint density at radius 3 is 2.94 bits per heavy atom. The molecule has 2 heterocycles. The third-order valence-electron chi connectivity index (χ3n) is 2.90. The van der Waals surface area contributed by atoms with Crippen LogP contribution >= 0.6 is 0 Å². The van der Waals surface area contributed by atoms with Gasteiger partial charge in [-0.25, -0.2) is 0 Å². The van der Waals surface area contributed by atoms with Crippen LogP contribution in [-0.2, 0) is 12.8 Å². The number of anilines is 1. The Labute approximate surface area is 98.4 Å². The number of nitrogens with two attached hydrogens (primary N) is 1.